The van der Waals surface area contributed by atoms with Crippen molar-refractivity contribution in [2.75, 3.05) is 31.1 Å². The predicted molar refractivity (Wildman–Crippen MR) is 91.2 cm³/mol. The van der Waals surface area contributed by atoms with Gasteiger partial charge >= 0.3 is 6.18 Å². The zero-order chi connectivity index (χ0) is 18.7. The highest BCUT2D eigenvalue weighted by atomic mass is 35.5. The van der Waals surface area contributed by atoms with Crippen molar-refractivity contribution in [2.45, 2.75) is 12.6 Å². The Morgan fingerprint density at radius 2 is 1.77 bits per heavy atom. The lowest BCUT2D eigenvalue weighted by atomic mass is 10.2. The number of carbonyl (C=O) groups excluding carboxylic acids is 1. The van der Waals surface area contributed by atoms with Gasteiger partial charge in [0, 0.05) is 43.0 Å². The minimum Gasteiger partial charge on any atom is -0.339 e. The Hall–Kier alpha value is -2.35. The fourth-order valence-electron chi connectivity index (χ4n) is 2.75. The number of benzene rings is 1. The van der Waals surface area contributed by atoms with E-state index in [2.05, 4.69) is 9.97 Å². The second-order valence-electron chi connectivity index (χ2n) is 5.88. The summed E-state index contributed by atoms with van der Waals surface area (Å²) in [4.78, 5) is 23.5. The molecule has 2 heterocycles. The van der Waals surface area contributed by atoms with Crippen LogP contribution in [0.5, 0.6) is 0 Å². The molecule has 26 heavy (non-hydrogen) atoms. The molecule has 1 aromatic heterocycles. The predicted octanol–water partition coefficient (Wildman–Crippen LogP) is 3.50. The normalized spacial score (nSPS) is 15.7. The van der Waals surface area contributed by atoms with Crippen LogP contribution < -0.4 is 4.90 Å². The molecule has 9 heteroatoms. The van der Waals surface area contributed by atoms with Gasteiger partial charge in [0.25, 0.3) is 5.91 Å². The van der Waals surface area contributed by atoms with Crippen molar-refractivity contribution < 1.29 is 18.0 Å². The third-order valence-corrected chi connectivity index (χ3v) is 4.34. The van der Waals surface area contributed by atoms with E-state index in [0.717, 1.165) is 12.3 Å². The third kappa shape index (κ3) is 4.24. The molecule has 1 fully saturated rings. The third-order valence-electron chi connectivity index (χ3n) is 4.09. The molecule has 0 atom stereocenters. The fraction of sp³-hybridized carbons (Fsp3) is 0.353. The molecule has 1 aliphatic rings. The first-order valence-corrected chi connectivity index (χ1v) is 8.42. The zero-order valence-electron chi connectivity index (χ0n) is 13.7. The zero-order valence-corrected chi connectivity index (χ0v) is 14.5. The SMILES string of the molecule is O=C(c1ccc(Cl)cc1)N1CCCN(c2nccc(C(F)(F)F)n2)CC1. The number of alkyl halides is 3. The maximum Gasteiger partial charge on any atom is 0.433 e. The lowest BCUT2D eigenvalue weighted by Crippen LogP contribution is -2.35. The van der Waals surface area contributed by atoms with Gasteiger partial charge in [0.1, 0.15) is 5.69 Å². The number of hydrogen-bond donors (Lipinski definition) is 0. The minimum absolute atomic E-state index is 0.0283. The molecule has 0 radical (unpaired) electrons. The summed E-state index contributed by atoms with van der Waals surface area (Å²) in [6.45, 7) is 1.73. The Morgan fingerprint density at radius 3 is 2.46 bits per heavy atom. The van der Waals surface area contributed by atoms with Gasteiger partial charge in [0.05, 0.1) is 0 Å². The Labute approximate surface area is 153 Å². The molecule has 2 aromatic rings. The number of amides is 1. The smallest absolute Gasteiger partial charge is 0.339 e. The van der Waals surface area contributed by atoms with Crippen LogP contribution in [0, 0.1) is 0 Å². The van der Waals surface area contributed by atoms with Crippen molar-refractivity contribution in [2.24, 2.45) is 0 Å². The second-order valence-corrected chi connectivity index (χ2v) is 6.32. The van der Waals surface area contributed by atoms with E-state index in [1.807, 2.05) is 0 Å². The fourth-order valence-corrected chi connectivity index (χ4v) is 2.88. The van der Waals surface area contributed by atoms with Gasteiger partial charge < -0.3 is 9.80 Å². The number of aromatic nitrogens is 2. The molecule has 1 aliphatic heterocycles. The van der Waals surface area contributed by atoms with Gasteiger partial charge in [0.2, 0.25) is 5.95 Å². The number of rotatable bonds is 2. The maximum absolute atomic E-state index is 12.8. The molecule has 0 bridgehead atoms. The monoisotopic (exact) mass is 384 g/mol. The average Bonchev–Trinajstić information content (AvgIpc) is 2.87. The first-order valence-electron chi connectivity index (χ1n) is 8.04. The van der Waals surface area contributed by atoms with Crippen molar-refractivity contribution in [1.29, 1.82) is 0 Å². The van der Waals surface area contributed by atoms with Crippen molar-refractivity contribution in [3.8, 4) is 0 Å². The Balaban J connectivity index is 1.70. The van der Waals surface area contributed by atoms with Crippen LogP contribution in [0.15, 0.2) is 36.5 Å². The standard InChI is InChI=1S/C17H16ClF3N4O/c18-13-4-2-12(3-5-13)15(26)24-8-1-9-25(11-10-24)16-22-7-6-14(23-16)17(19,20)21/h2-7H,1,8-11H2. The molecule has 0 N–H and O–H groups in total. The van der Waals surface area contributed by atoms with E-state index in [-0.39, 0.29) is 11.9 Å². The summed E-state index contributed by atoms with van der Waals surface area (Å²) in [5, 5.41) is 0.547. The highest BCUT2D eigenvalue weighted by Crippen LogP contribution is 2.28. The van der Waals surface area contributed by atoms with E-state index in [1.54, 1.807) is 34.1 Å². The van der Waals surface area contributed by atoms with E-state index in [4.69, 9.17) is 11.6 Å². The van der Waals surface area contributed by atoms with Crippen LogP contribution in [0.1, 0.15) is 22.5 Å². The van der Waals surface area contributed by atoms with Crippen LogP contribution in [0.25, 0.3) is 0 Å². The van der Waals surface area contributed by atoms with Gasteiger partial charge in [-0.1, -0.05) is 11.6 Å². The Kier molecular flexibility index (Phi) is 5.31. The summed E-state index contributed by atoms with van der Waals surface area (Å²) < 4.78 is 38.5. The quantitative estimate of drug-likeness (QED) is 0.795. The van der Waals surface area contributed by atoms with Gasteiger partial charge in [-0.15, -0.1) is 0 Å². The van der Waals surface area contributed by atoms with Gasteiger partial charge in [0.15, 0.2) is 0 Å². The number of anilines is 1. The highest BCUT2D eigenvalue weighted by Gasteiger charge is 2.33. The van der Waals surface area contributed by atoms with Crippen molar-refractivity contribution >= 4 is 23.5 Å². The first kappa shape index (κ1) is 18.4. The summed E-state index contributed by atoms with van der Waals surface area (Å²) in [5.74, 6) is -0.103. The van der Waals surface area contributed by atoms with E-state index in [0.29, 0.717) is 43.2 Å². The molecular weight excluding hydrogens is 369 g/mol. The van der Waals surface area contributed by atoms with Gasteiger partial charge in [-0.3, -0.25) is 4.79 Å². The van der Waals surface area contributed by atoms with E-state index in [1.165, 1.54) is 0 Å². The number of halogens is 4. The van der Waals surface area contributed by atoms with Crippen LogP contribution in [0.2, 0.25) is 5.02 Å². The molecule has 1 aromatic carbocycles. The Morgan fingerprint density at radius 1 is 1.04 bits per heavy atom. The summed E-state index contributed by atoms with van der Waals surface area (Å²) in [6.07, 6.45) is -2.80. The molecule has 1 saturated heterocycles. The summed E-state index contributed by atoms with van der Waals surface area (Å²) in [5.41, 5.74) is -0.445. The second kappa shape index (κ2) is 7.49. The lowest BCUT2D eigenvalue weighted by Gasteiger charge is -2.22. The molecule has 1 amide bonds. The number of carbonyl (C=O) groups is 1. The molecule has 0 unspecified atom stereocenters. The van der Waals surface area contributed by atoms with Gasteiger partial charge in [-0.2, -0.15) is 13.2 Å². The van der Waals surface area contributed by atoms with E-state index >= 15 is 0 Å². The van der Waals surface area contributed by atoms with E-state index < -0.39 is 11.9 Å². The minimum atomic E-state index is -4.51. The largest absolute Gasteiger partial charge is 0.433 e. The van der Waals surface area contributed by atoms with Crippen LogP contribution in [0.4, 0.5) is 19.1 Å². The Bertz CT molecular complexity index is 782. The van der Waals surface area contributed by atoms with Crippen LogP contribution in [-0.2, 0) is 6.18 Å². The topological polar surface area (TPSA) is 49.3 Å². The summed E-state index contributed by atoms with van der Waals surface area (Å²) in [7, 11) is 0. The maximum atomic E-state index is 12.8. The number of hydrogen-bond acceptors (Lipinski definition) is 4. The van der Waals surface area contributed by atoms with Crippen molar-refractivity contribution in [1.82, 2.24) is 14.9 Å². The molecule has 0 saturated carbocycles. The van der Waals surface area contributed by atoms with Crippen LogP contribution in [-0.4, -0.2) is 47.0 Å². The molecule has 3 rings (SSSR count). The molecule has 5 nitrogen and oxygen atoms in total. The van der Waals surface area contributed by atoms with Crippen LogP contribution in [0.3, 0.4) is 0 Å². The average molecular weight is 385 g/mol. The van der Waals surface area contributed by atoms with Gasteiger partial charge in [-0.05, 0) is 36.8 Å². The summed E-state index contributed by atoms with van der Waals surface area (Å²) >= 11 is 5.83. The first-order chi connectivity index (χ1) is 12.3. The summed E-state index contributed by atoms with van der Waals surface area (Å²) in [6, 6.07) is 7.45. The molecular formula is C17H16ClF3N4O. The number of nitrogens with zero attached hydrogens (tertiary/aromatic N) is 4. The molecule has 0 aliphatic carbocycles. The highest BCUT2D eigenvalue weighted by molar-refractivity contribution is 6.30. The lowest BCUT2D eigenvalue weighted by molar-refractivity contribution is -0.141. The molecule has 138 valence electrons. The van der Waals surface area contributed by atoms with Crippen molar-refractivity contribution in [3.63, 3.8) is 0 Å². The van der Waals surface area contributed by atoms with E-state index in [9.17, 15) is 18.0 Å². The van der Waals surface area contributed by atoms with Crippen molar-refractivity contribution in [3.05, 3.63) is 52.8 Å². The molecule has 0 spiro atoms. The van der Waals surface area contributed by atoms with Gasteiger partial charge in [-0.25, -0.2) is 9.97 Å². The van der Waals surface area contributed by atoms with Crippen LogP contribution >= 0.6 is 11.6 Å².